The number of allylic oxidation sites excluding steroid dienone is 2. The topological polar surface area (TPSA) is 29.5 Å². The fraction of sp³-hybridized carbons (Fsp3) is 0.812. The molecule has 1 saturated heterocycles. The predicted octanol–water partition coefficient (Wildman–Crippen LogP) is 4.48. The number of rotatable bonds is 1. The van der Waals surface area contributed by atoms with Crippen LogP contribution in [0.3, 0.4) is 0 Å². The summed E-state index contributed by atoms with van der Waals surface area (Å²) >= 11 is 0. The number of fused-ring (bicyclic) bond motifs is 1. The summed E-state index contributed by atoms with van der Waals surface area (Å²) < 4.78 is 5.26. The summed E-state index contributed by atoms with van der Waals surface area (Å²) in [4.78, 5) is 13.4. The van der Waals surface area contributed by atoms with Crippen LogP contribution in [0.1, 0.15) is 64.7 Å². The van der Waals surface area contributed by atoms with Gasteiger partial charge in [0.2, 0.25) is 0 Å². The first kappa shape index (κ1) is 14.4. The molecule has 2 aliphatic heterocycles. The van der Waals surface area contributed by atoms with E-state index in [1.54, 1.807) is 0 Å². The first-order chi connectivity index (χ1) is 9.31. The van der Waals surface area contributed by atoms with E-state index in [9.17, 15) is 4.79 Å². The SMILES string of the molecule is CCC1CCCC/C=C\CCCN2C(=O)OC2CC1. The van der Waals surface area contributed by atoms with Crippen molar-refractivity contribution in [3.63, 3.8) is 0 Å². The average molecular weight is 265 g/mol. The maximum Gasteiger partial charge on any atom is 0.414 e. The maximum atomic E-state index is 11.4. The minimum atomic E-state index is -0.117. The summed E-state index contributed by atoms with van der Waals surface area (Å²) in [5.74, 6) is 0.799. The van der Waals surface area contributed by atoms with Gasteiger partial charge in [-0.05, 0) is 38.0 Å². The van der Waals surface area contributed by atoms with Crippen molar-refractivity contribution in [2.24, 2.45) is 5.92 Å². The van der Waals surface area contributed by atoms with Crippen LogP contribution in [0.4, 0.5) is 4.79 Å². The van der Waals surface area contributed by atoms with Gasteiger partial charge in [-0.3, -0.25) is 4.90 Å². The molecule has 2 heterocycles. The molecule has 1 amide bonds. The molecule has 2 unspecified atom stereocenters. The average Bonchev–Trinajstić information content (AvgIpc) is 2.41. The molecule has 0 spiro atoms. The van der Waals surface area contributed by atoms with Gasteiger partial charge in [0, 0.05) is 13.0 Å². The zero-order valence-electron chi connectivity index (χ0n) is 12.1. The molecule has 0 radical (unpaired) electrons. The van der Waals surface area contributed by atoms with Gasteiger partial charge in [-0.25, -0.2) is 4.79 Å². The highest BCUT2D eigenvalue weighted by Crippen LogP contribution is 2.27. The van der Waals surface area contributed by atoms with Crippen molar-refractivity contribution in [3.8, 4) is 0 Å². The molecule has 2 atom stereocenters. The molecular weight excluding hydrogens is 238 g/mol. The third kappa shape index (κ3) is 4.26. The second kappa shape index (κ2) is 7.56. The van der Waals surface area contributed by atoms with Crippen LogP contribution >= 0.6 is 0 Å². The molecule has 0 aliphatic carbocycles. The van der Waals surface area contributed by atoms with Crippen LogP contribution in [-0.4, -0.2) is 23.8 Å². The first-order valence-corrected chi connectivity index (χ1v) is 7.93. The molecule has 0 bridgehead atoms. The zero-order chi connectivity index (χ0) is 13.5. The van der Waals surface area contributed by atoms with E-state index in [1.807, 2.05) is 4.90 Å². The van der Waals surface area contributed by atoms with Crippen molar-refractivity contribution < 1.29 is 9.53 Å². The molecule has 1 fully saturated rings. The lowest BCUT2D eigenvalue weighted by Crippen LogP contribution is -2.54. The van der Waals surface area contributed by atoms with Gasteiger partial charge in [-0.1, -0.05) is 38.3 Å². The number of hydrogen-bond donors (Lipinski definition) is 0. The highest BCUT2D eigenvalue weighted by Gasteiger charge is 2.37. The van der Waals surface area contributed by atoms with Crippen molar-refractivity contribution in [2.45, 2.75) is 70.9 Å². The number of hydrogen-bond acceptors (Lipinski definition) is 2. The summed E-state index contributed by atoms with van der Waals surface area (Å²) in [7, 11) is 0. The Morgan fingerprint density at radius 2 is 1.95 bits per heavy atom. The Hall–Kier alpha value is -0.990. The van der Waals surface area contributed by atoms with Gasteiger partial charge < -0.3 is 4.74 Å². The normalized spacial score (nSPS) is 31.6. The maximum absolute atomic E-state index is 11.4. The van der Waals surface area contributed by atoms with Crippen molar-refractivity contribution in [1.82, 2.24) is 4.90 Å². The summed E-state index contributed by atoms with van der Waals surface area (Å²) in [6, 6.07) is 0. The Bertz CT molecular complexity index is 314. The highest BCUT2D eigenvalue weighted by atomic mass is 16.6. The minimum Gasteiger partial charge on any atom is -0.425 e. The van der Waals surface area contributed by atoms with E-state index in [-0.39, 0.29) is 12.3 Å². The number of nitrogens with zero attached hydrogens (tertiary/aromatic N) is 1. The molecule has 19 heavy (non-hydrogen) atoms. The Labute approximate surface area is 117 Å². The largest absolute Gasteiger partial charge is 0.425 e. The van der Waals surface area contributed by atoms with Gasteiger partial charge in [0.25, 0.3) is 0 Å². The highest BCUT2D eigenvalue weighted by molar-refractivity contribution is 5.72. The van der Waals surface area contributed by atoms with Gasteiger partial charge >= 0.3 is 6.09 Å². The number of carbonyl (C=O) groups is 1. The van der Waals surface area contributed by atoms with E-state index in [2.05, 4.69) is 19.1 Å². The summed E-state index contributed by atoms with van der Waals surface area (Å²) in [6.45, 7) is 3.13. The second-order valence-electron chi connectivity index (χ2n) is 5.78. The molecule has 0 aromatic heterocycles. The zero-order valence-corrected chi connectivity index (χ0v) is 12.1. The molecule has 0 saturated carbocycles. The van der Waals surface area contributed by atoms with E-state index in [0.29, 0.717) is 0 Å². The summed E-state index contributed by atoms with van der Waals surface area (Å²) in [5, 5.41) is 0. The second-order valence-corrected chi connectivity index (χ2v) is 5.78. The molecule has 0 aromatic rings. The minimum absolute atomic E-state index is 0.0634. The lowest BCUT2D eigenvalue weighted by molar-refractivity contribution is -0.102. The molecular formula is C16H27NO2. The van der Waals surface area contributed by atoms with Gasteiger partial charge in [0.15, 0.2) is 6.23 Å². The summed E-state index contributed by atoms with van der Waals surface area (Å²) in [5.41, 5.74) is 0. The fourth-order valence-electron chi connectivity index (χ4n) is 3.01. The Kier molecular flexibility index (Phi) is 5.74. The third-order valence-electron chi connectivity index (χ3n) is 4.39. The molecule has 0 N–H and O–H groups in total. The molecule has 108 valence electrons. The third-order valence-corrected chi connectivity index (χ3v) is 4.39. The van der Waals surface area contributed by atoms with Gasteiger partial charge in [-0.2, -0.15) is 0 Å². The standard InChI is InChI=1S/C16H27NO2/c1-2-14-10-8-6-4-3-5-7-9-13-17-15(12-11-14)19-16(17)18/h3,5,14-15H,2,4,6-13H2,1H3/b5-3-. The smallest absolute Gasteiger partial charge is 0.414 e. The van der Waals surface area contributed by atoms with E-state index >= 15 is 0 Å². The number of ether oxygens (including phenoxy) is 1. The monoisotopic (exact) mass is 265 g/mol. The lowest BCUT2D eigenvalue weighted by Gasteiger charge is -2.40. The fourth-order valence-corrected chi connectivity index (χ4v) is 3.01. The quantitative estimate of drug-likeness (QED) is 0.654. The molecule has 0 aromatic carbocycles. The van der Waals surface area contributed by atoms with E-state index in [4.69, 9.17) is 4.74 Å². The van der Waals surface area contributed by atoms with Crippen LogP contribution in [0, 0.1) is 5.92 Å². The van der Waals surface area contributed by atoms with Crippen LogP contribution in [0.25, 0.3) is 0 Å². The van der Waals surface area contributed by atoms with Crippen LogP contribution in [0.15, 0.2) is 12.2 Å². The van der Waals surface area contributed by atoms with Gasteiger partial charge in [-0.15, -0.1) is 0 Å². The summed E-state index contributed by atoms with van der Waals surface area (Å²) in [6.07, 6.45) is 15.3. The van der Waals surface area contributed by atoms with E-state index in [1.165, 1.54) is 38.5 Å². The van der Waals surface area contributed by atoms with Crippen molar-refractivity contribution >= 4 is 6.09 Å². The molecule has 2 rings (SSSR count). The molecule has 3 nitrogen and oxygen atoms in total. The van der Waals surface area contributed by atoms with Crippen molar-refractivity contribution in [3.05, 3.63) is 12.2 Å². The Balaban J connectivity index is 1.86. The van der Waals surface area contributed by atoms with Crippen LogP contribution in [0.2, 0.25) is 0 Å². The van der Waals surface area contributed by atoms with E-state index < -0.39 is 0 Å². The van der Waals surface area contributed by atoms with Crippen LogP contribution in [-0.2, 0) is 4.74 Å². The number of amides is 1. The van der Waals surface area contributed by atoms with Crippen LogP contribution in [0.5, 0.6) is 0 Å². The van der Waals surface area contributed by atoms with Gasteiger partial charge in [0.1, 0.15) is 0 Å². The van der Waals surface area contributed by atoms with E-state index in [0.717, 1.165) is 31.7 Å². The molecule has 3 heteroatoms. The van der Waals surface area contributed by atoms with Crippen LogP contribution < -0.4 is 0 Å². The lowest BCUT2D eigenvalue weighted by atomic mass is 9.93. The first-order valence-electron chi connectivity index (χ1n) is 7.93. The molecule has 2 aliphatic rings. The van der Waals surface area contributed by atoms with Crippen molar-refractivity contribution in [2.75, 3.05) is 6.54 Å². The predicted molar refractivity (Wildman–Crippen MR) is 76.8 cm³/mol. The van der Waals surface area contributed by atoms with Crippen molar-refractivity contribution in [1.29, 1.82) is 0 Å². The Morgan fingerprint density at radius 1 is 1.16 bits per heavy atom. The van der Waals surface area contributed by atoms with Gasteiger partial charge in [0.05, 0.1) is 0 Å². The Morgan fingerprint density at radius 3 is 2.68 bits per heavy atom. The number of carbonyl (C=O) groups excluding carboxylic acids is 1.